The van der Waals surface area contributed by atoms with Crippen molar-refractivity contribution in [3.63, 3.8) is 0 Å². The maximum absolute atomic E-state index is 5.79. The van der Waals surface area contributed by atoms with E-state index < -0.39 is 0 Å². The Hall–Kier alpha value is -2.16. The minimum Gasteiger partial charge on any atom is -0.496 e. The molecule has 128 valence electrons. The van der Waals surface area contributed by atoms with Crippen LogP contribution in [0.4, 0.5) is 5.69 Å². The van der Waals surface area contributed by atoms with E-state index in [1.165, 1.54) is 11.1 Å². The van der Waals surface area contributed by atoms with Crippen molar-refractivity contribution in [2.75, 3.05) is 7.11 Å². The summed E-state index contributed by atoms with van der Waals surface area (Å²) in [4.78, 5) is 8.65. The van der Waals surface area contributed by atoms with Crippen molar-refractivity contribution in [3.8, 4) is 5.75 Å². The van der Waals surface area contributed by atoms with E-state index in [2.05, 4.69) is 63.7 Å². The molecular weight excluding hydrogens is 296 g/mol. The van der Waals surface area contributed by atoms with Crippen LogP contribution in [0, 0.1) is 0 Å². The summed E-state index contributed by atoms with van der Waals surface area (Å²) in [7, 11) is 1.75. The highest BCUT2D eigenvalue weighted by atomic mass is 16.5. The fourth-order valence-corrected chi connectivity index (χ4v) is 2.64. The molecule has 3 heteroatoms. The number of aromatic nitrogens is 1. The van der Waals surface area contributed by atoms with Crippen molar-refractivity contribution in [2.45, 2.75) is 52.4 Å². The molecule has 2 aromatic rings. The molecule has 0 aliphatic rings. The summed E-state index contributed by atoms with van der Waals surface area (Å²) >= 11 is 0. The van der Waals surface area contributed by atoms with Crippen LogP contribution in [-0.2, 0) is 10.8 Å². The maximum Gasteiger partial charge on any atom is 0.126 e. The molecule has 0 amide bonds. The van der Waals surface area contributed by atoms with Crippen LogP contribution in [0.25, 0.3) is 0 Å². The Morgan fingerprint density at radius 2 is 1.58 bits per heavy atom. The topological polar surface area (TPSA) is 34.5 Å². The standard InChI is InChI=1S/C21H28N2O/c1-20(2,3)17-11-15(13-23-16-9-8-10-22-14-16)12-18(19(17)24-7)21(4,5)6/h8-14H,1-7H3. The largest absolute Gasteiger partial charge is 0.496 e. The Kier molecular flexibility index (Phi) is 5.12. The number of ether oxygens (including phenoxy) is 1. The van der Waals surface area contributed by atoms with Crippen LogP contribution >= 0.6 is 0 Å². The molecule has 0 radical (unpaired) electrons. The predicted molar refractivity (Wildman–Crippen MR) is 102 cm³/mol. The lowest BCUT2D eigenvalue weighted by molar-refractivity contribution is 0.381. The Bertz CT molecular complexity index is 685. The molecular formula is C21H28N2O. The Balaban J connectivity index is 2.59. The Morgan fingerprint density at radius 1 is 1.00 bits per heavy atom. The van der Waals surface area contributed by atoms with Crippen LogP contribution in [0.2, 0.25) is 0 Å². The van der Waals surface area contributed by atoms with Crippen molar-refractivity contribution < 1.29 is 4.74 Å². The number of methoxy groups -OCH3 is 1. The first-order chi connectivity index (χ1) is 11.1. The van der Waals surface area contributed by atoms with Gasteiger partial charge in [-0.05, 0) is 40.7 Å². The number of rotatable bonds is 3. The number of benzene rings is 1. The molecule has 0 N–H and O–H groups in total. The van der Waals surface area contributed by atoms with E-state index in [0.29, 0.717) is 0 Å². The first-order valence-corrected chi connectivity index (χ1v) is 8.30. The van der Waals surface area contributed by atoms with Gasteiger partial charge in [-0.15, -0.1) is 0 Å². The van der Waals surface area contributed by atoms with Gasteiger partial charge in [-0.2, -0.15) is 0 Å². The molecule has 1 aromatic carbocycles. The van der Waals surface area contributed by atoms with Crippen LogP contribution in [0.5, 0.6) is 5.75 Å². The second kappa shape index (κ2) is 6.76. The first kappa shape index (κ1) is 18.2. The minimum absolute atomic E-state index is 0.0104. The molecule has 24 heavy (non-hydrogen) atoms. The molecule has 2 rings (SSSR count). The summed E-state index contributed by atoms with van der Waals surface area (Å²) in [5, 5.41) is 0. The van der Waals surface area contributed by atoms with Gasteiger partial charge in [0.25, 0.3) is 0 Å². The van der Waals surface area contributed by atoms with Gasteiger partial charge >= 0.3 is 0 Å². The zero-order valence-corrected chi connectivity index (χ0v) is 15.8. The highest BCUT2D eigenvalue weighted by molar-refractivity contribution is 5.83. The van der Waals surface area contributed by atoms with E-state index in [-0.39, 0.29) is 10.8 Å². The molecule has 0 unspecified atom stereocenters. The predicted octanol–water partition coefficient (Wildman–Crippen LogP) is 5.44. The van der Waals surface area contributed by atoms with Crippen LogP contribution in [0.1, 0.15) is 58.2 Å². The maximum atomic E-state index is 5.79. The van der Waals surface area contributed by atoms with Gasteiger partial charge in [-0.1, -0.05) is 41.5 Å². The van der Waals surface area contributed by atoms with Crippen LogP contribution in [0.3, 0.4) is 0 Å². The van der Waals surface area contributed by atoms with E-state index in [4.69, 9.17) is 4.74 Å². The number of nitrogens with zero attached hydrogens (tertiary/aromatic N) is 2. The zero-order chi connectivity index (χ0) is 18.0. The van der Waals surface area contributed by atoms with Crippen LogP contribution < -0.4 is 4.74 Å². The SMILES string of the molecule is COc1c(C(C)(C)C)cc(C=Nc2cccnc2)cc1C(C)(C)C. The van der Waals surface area contributed by atoms with E-state index in [1.807, 2.05) is 18.3 Å². The summed E-state index contributed by atoms with van der Waals surface area (Å²) in [6.45, 7) is 13.2. The summed E-state index contributed by atoms with van der Waals surface area (Å²) in [5.41, 5.74) is 4.31. The second-order valence-corrected chi connectivity index (χ2v) is 8.12. The average molecular weight is 324 g/mol. The fourth-order valence-electron chi connectivity index (χ4n) is 2.64. The summed E-state index contributed by atoms with van der Waals surface area (Å²) in [5.74, 6) is 0.980. The molecule has 0 fully saturated rings. The van der Waals surface area contributed by atoms with E-state index in [0.717, 1.165) is 17.0 Å². The molecule has 0 bridgehead atoms. The summed E-state index contributed by atoms with van der Waals surface area (Å²) in [6.07, 6.45) is 5.41. The van der Waals surface area contributed by atoms with E-state index >= 15 is 0 Å². The van der Waals surface area contributed by atoms with E-state index in [1.54, 1.807) is 19.5 Å². The minimum atomic E-state index is -0.0104. The third-order valence-corrected chi connectivity index (χ3v) is 3.94. The quantitative estimate of drug-likeness (QED) is 0.705. The molecule has 0 spiro atoms. The molecule has 3 nitrogen and oxygen atoms in total. The highest BCUT2D eigenvalue weighted by Gasteiger charge is 2.27. The van der Waals surface area contributed by atoms with Gasteiger partial charge in [0.2, 0.25) is 0 Å². The third-order valence-electron chi connectivity index (χ3n) is 3.94. The molecule has 0 aliphatic heterocycles. The van der Waals surface area contributed by atoms with Gasteiger partial charge < -0.3 is 4.74 Å². The van der Waals surface area contributed by atoms with Gasteiger partial charge in [0.15, 0.2) is 0 Å². The van der Waals surface area contributed by atoms with Gasteiger partial charge in [0.05, 0.1) is 19.0 Å². The number of hydrogen-bond acceptors (Lipinski definition) is 3. The van der Waals surface area contributed by atoms with Crippen LogP contribution in [0.15, 0.2) is 41.7 Å². The number of aliphatic imine (C=N–C) groups is 1. The molecule has 0 saturated heterocycles. The third kappa shape index (κ3) is 4.22. The van der Waals surface area contributed by atoms with Crippen molar-refractivity contribution >= 4 is 11.9 Å². The molecule has 0 saturated carbocycles. The Morgan fingerprint density at radius 3 is 2.00 bits per heavy atom. The van der Waals surface area contributed by atoms with Crippen molar-refractivity contribution in [2.24, 2.45) is 4.99 Å². The van der Waals surface area contributed by atoms with Gasteiger partial charge in [-0.25, -0.2) is 0 Å². The lowest BCUT2D eigenvalue weighted by Crippen LogP contribution is -2.19. The smallest absolute Gasteiger partial charge is 0.126 e. The lowest BCUT2D eigenvalue weighted by atomic mass is 9.78. The van der Waals surface area contributed by atoms with E-state index in [9.17, 15) is 0 Å². The first-order valence-electron chi connectivity index (χ1n) is 8.30. The summed E-state index contributed by atoms with van der Waals surface area (Å²) < 4.78 is 5.79. The van der Waals surface area contributed by atoms with Crippen molar-refractivity contribution in [1.82, 2.24) is 4.98 Å². The highest BCUT2D eigenvalue weighted by Crippen LogP contribution is 2.40. The van der Waals surface area contributed by atoms with Crippen molar-refractivity contribution in [1.29, 1.82) is 0 Å². The monoisotopic (exact) mass is 324 g/mol. The fraction of sp³-hybridized carbons (Fsp3) is 0.429. The van der Waals surface area contributed by atoms with Gasteiger partial charge in [0, 0.05) is 23.5 Å². The molecule has 0 aliphatic carbocycles. The van der Waals surface area contributed by atoms with Gasteiger partial charge in [-0.3, -0.25) is 9.98 Å². The zero-order valence-electron chi connectivity index (χ0n) is 15.8. The summed E-state index contributed by atoms with van der Waals surface area (Å²) in [6, 6.07) is 8.19. The number of pyridine rings is 1. The molecule has 1 aromatic heterocycles. The lowest BCUT2D eigenvalue weighted by Gasteiger charge is -2.29. The Labute approximate surface area is 145 Å². The average Bonchev–Trinajstić information content (AvgIpc) is 2.51. The normalized spacial score (nSPS) is 12.6. The number of hydrogen-bond donors (Lipinski definition) is 0. The molecule has 0 atom stereocenters. The van der Waals surface area contributed by atoms with Crippen molar-refractivity contribution in [3.05, 3.63) is 53.3 Å². The second-order valence-electron chi connectivity index (χ2n) is 8.12. The molecule has 1 heterocycles. The van der Waals surface area contributed by atoms with Crippen LogP contribution in [-0.4, -0.2) is 18.3 Å². The van der Waals surface area contributed by atoms with Gasteiger partial charge in [0.1, 0.15) is 5.75 Å².